The summed E-state index contributed by atoms with van der Waals surface area (Å²) in [4.78, 5) is 11.1. The fourth-order valence-electron chi connectivity index (χ4n) is 1.31. The molecular formula is C10H6Br2O2. The van der Waals surface area contributed by atoms with Crippen LogP contribution in [-0.4, -0.2) is 0 Å². The van der Waals surface area contributed by atoms with Crippen LogP contribution in [0.15, 0.2) is 37.9 Å². The van der Waals surface area contributed by atoms with Gasteiger partial charge in [-0.25, -0.2) is 4.79 Å². The molecule has 0 saturated heterocycles. The summed E-state index contributed by atoms with van der Waals surface area (Å²) in [5.41, 5.74) is 1.25. The van der Waals surface area contributed by atoms with Gasteiger partial charge in [0.05, 0.1) is 0 Å². The summed E-state index contributed by atoms with van der Waals surface area (Å²) in [6.07, 6.45) is 0. The van der Waals surface area contributed by atoms with E-state index in [1.807, 2.05) is 12.1 Å². The molecule has 0 atom stereocenters. The van der Waals surface area contributed by atoms with Gasteiger partial charge in [0.2, 0.25) is 0 Å². The first-order valence-corrected chi connectivity index (χ1v) is 5.90. The van der Waals surface area contributed by atoms with Crippen LogP contribution >= 0.6 is 31.9 Å². The Labute approximate surface area is 97.2 Å². The lowest BCUT2D eigenvalue weighted by molar-refractivity contribution is 0.559. The summed E-state index contributed by atoms with van der Waals surface area (Å²) in [5.74, 6) is 0. The first-order chi connectivity index (χ1) is 6.70. The quantitative estimate of drug-likeness (QED) is 0.595. The van der Waals surface area contributed by atoms with Crippen LogP contribution in [-0.2, 0) is 5.33 Å². The van der Waals surface area contributed by atoms with E-state index in [-0.39, 0.29) is 5.63 Å². The highest BCUT2D eigenvalue weighted by atomic mass is 79.9. The summed E-state index contributed by atoms with van der Waals surface area (Å²) < 4.78 is 6.04. The monoisotopic (exact) mass is 316 g/mol. The molecule has 0 radical (unpaired) electrons. The summed E-state index contributed by atoms with van der Waals surface area (Å²) in [7, 11) is 0. The summed E-state index contributed by atoms with van der Waals surface area (Å²) in [5, 5.41) is 1.60. The van der Waals surface area contributed by atoms with Gasteiger partial charge in [0.15, 0.2) is 0 Å². The number of benzene rings is 1. The Hall–Kier alpha value is -0.610. The van der Waals surface area contributed by atoms with Gasteiger partial charge in [-0.1, -0.05) is 31.9 Å². The Balaban J connectivity index is 2.88. The molecule has 2 aromatic rings. The molecular weight excluding hydrogens is 312 g/mol. The molecule has 0 aliphatic rings. The van der Waals surface area contributed by atoms with Gasteiger partial charge in [-0.15, -0.1) is 0 Å². The number of fused-ring (bicyclic) bond motifs is 1. The molecule has 1 aromatic carbocycles. The topological polar surface area (TPSA) is 30.2 Å². The van der Waals surface area contributed by atoms with Gasteiger partial charge in [-0.3, -0.25) is 0 Å². The Morgan fingerprint density at radius 1 is 1.29 bits per heavy atom. The third-order valence-electron chi connectivity index (χ3n) is 1.93. The third-order valence-corrected chi connectivity index (χ3v) is 3.03. The normalized spacial score (nSPS) is 10.7. The van der Waals surface area contributed by atoms with Crippen molar-refractivity contribution in [1.29, 1.82) is 0 Å². The van der Waals surface area contributed by atoms with Crippen molar-refractivity contribution < 1.29 is 4.42 Å². The van der Waals surface area contributed by atoms with Gasteiger partial charge in [0.1, 0.15) is 5.58 Å². The first-order valence-electron chi connectivity index (χ1n) is 3.99. The highest BCUT2D eigenvalue weighted by Gasteiger charge is 2.04. The molecule has 0 unspecified atom stereocenters. The molecule has 2 rings (SSSR count). The molecule has 14 heavy (non-hydrogen) atoms. The van der Waals surface area contributed by atoms with Crippen LogP contribution < -0.4 is 5.63 Å². The average molecular weight is 318 g/mol. The molecule has 2 nitrogen and oxygen atoms in total. The van der Waals surface area contributed by atoms with E-state index in [0.29, 0.717) is 10.9 Å². The maximum atomic E-state index is 11.1. The van der Waals surface area contributed by atoms with Gasteiger partial charge >= 0.3 is 5.63 Å². The minimum atomic E-state index is -0.311. The van der Waals surface area contributed by atoms with Crippen LogP contribution in [0, 0.1) is 0 Å². The third kappa shape index (κ3) is 1.77. The molecule has 0 amide bonds. The van der Waals surface area contributed by atoms with Crippen LogP contribution in [0.25, 0.3) is 11.0 Å². The molecule has 0 fully saturated rings. The number of hydrogen-bond donors (Lipinski definition) is 0. The Morgan fingerprint density at radius 3 is 2.79 bits per heavy atom. The van der Waals surface area contributed by atoms with Crippen molar-refractivity contribution in [3.8, 4) is 0 Å². The number of rotatable bonds is 1. The SMILES string of the molecule is O=c1cc(CBr)c2cc(Br)ccc2o1. The van der Waals surface area contributed by atoms with Crippen LogP contribution in [0.4, 0.5) is 0 Å². The van der Waals surface area contributed by atoms with Crippen molar-refractivity contribution in [3.63, 3.8) is 0 Å². The lowest BCUT2D eigenvalue weighted by atomic mass is 10.1. The van der Waals surface area contributed by atoms with Gasteiger partial charge in [-0.2, -0.15) is 0 Å². The summed E-state index contributed by atoms with van der Waals surface area (Å²) in [6.45, 7) is 0. The number of alkyl halides is 1. The van der Waals surface area contributed by atoms with Crippen molar-refractivity contribution in [2.24, 2.45) is 0 Å². The zero-order valence-electron chi connectivity index (χ0n) is 7.09. The highest BCUT2D eigenvalue weighted by molar-refractivity contribution is 9.10. The van der Waals surface area contributed by atoms with Gasteiger partial charge in [0.25, 0.3) is 0 Å². The maximum Gasteiger partial charge on any atom is 0.336 e. The van der Waals surface area contributed by atoms with Crippen LogP contribution in [0.2, 0.25) is 0 Å². The lowest BCUT2D eigenvalue weighted by Crippen LogP contribution is -1.98. The van der Waals surface area contributed by atoms with Crippen molar-refractivity contribution >= 4 is 42.8 Å². The summed E-state index contributed by atoms with van der Waals surface area (Å²) >= 11 is 6.72. The van der Waals surface area contributed by atoms with Crippen molar-refractivity contribution in [2.75, 3.05) is 0 Å². The minimum Gasteiger partial charge on any atom is -0.423 e. The zero-order valence-corrected chi connectivity index (χ0v) is 10.3. The molecule has 1 aromatic heterocycles. The number of halogens is 2. The van der Waals surface area contributed by atoms with E-state index in [1.54, 1.807) is 6.07 Å². The molecule has 0 N–H and O–H groups in total. The smallest absolute Gasteiger partial charge is 0.336 e. The van der Waals surface area contributed by atoms with E-state index >= 15 is 0 Å². The molecule has 72 valence electrons. The molecule has 0 spiro atoms. The Morgan fingerprint density at radius 2 is 2.07 bits per heavy atom. The van der Waals surface area contributed by atoms with Gasteiger partial charge < -0.3 is 4.42 Å². The molecule has 0 aliphatic carbocycles. The average Bonchev–Trinajstić information content (AvgIpc) is 2.17. The summed E-state index contributed by atoms with van der Waals surface area (Å²) in [6, 6.07) is 7.08. The zero-order chi connectivity index (χ0) is 10.1. The minimum absolute atomic E-state index is 0.311. The van der Waals surface area contributed by atoms with E-state index in [4.69, 9.17) is 4.42 Å². The first kappa shape index (κ1) is 9.93. The lowest BCUT2D eigenvalue weighted by Gasteiger charge is -2.01. The van der Waals surface area contributed by atoms with Gasteiger partial charge in [0, 0.05) is 21.3 Å². The Kier molecular flexibility index (Phi) is 2.74. The van der Waals surface area contributed by atoms with E-state index in [1.165, 1.54) is 6.07 Å². The van der Waals surface area contributed by atoms with E-state index < -0.39 is 0 Å². The molecule has 0 bridgehead atoms. The fraction of sp³-hybridized carbons (Fsp3) is 0.100. The van der Waals surface area contributed by atoms with E-state index in [2.05, 4.69) is 31.9 Å². The molecule has 4 heteroatoms. The van der Waals surface area contributed by atoms with Crippen LogP contribution in [0.3, 0.4) is 0 Å². The van der Waals surface area contributed by atoms with E-state index in [0.717, 1.165) is 15.4 Å². The number of hydrogen-bond acceptors (Lipinski definition) is 2. The maximum absolute atomic E-state index is 11.1. The van der Waals surface area contributed by atoms with Gasteiger partial charge in [-0.05, 0) is 23.8 Å². The largest absolute Gasteiger partial charge is 0.423 e. The van der Waals surface area contributed by atoms with Crippen molar-refractivity contribution in [3.05, 3.63) is 44.7 Å². The standard InChI is InChI=1S/C10H6Br2O2/c11-5-6-3-10(13)14-9-2-1-7(12)4-8(6)9/h1-4H,5H2. The molecule has 0 aliphatic heterocycles. The second-order valence-electron chi connectivity index (χ2n) is 2.86. The van der Waals surface area contributed by atoms with E-state index in [9.17, 15) is 4.79 Å². The van der Waals surface area contributed by atoms with Crippen LogP contribution in [0.1, 0.15) is 5.56 Å². The second-order valence-corrected chi connectivity index (χ2v) is 4.34. The highest BCUT2D eigenvalue weighted by Crippen LogP contribution is 2.23. The van der Waals surface area contributed by atoms with Crippen molar-refractivity contribution in [2.45, 2.75) is 5.33 Å². The predicted molar refractivity (Wildman–Crippen MR) is 62.8 cm³/mol. The fourth-order valence-corrected chi connectivity index (χ4v) is 2.14. The van der Waals surface area contributed by atoms with Crippen LogP contribution in [0.5, 0.6) is 0 Å². The Bertz CT molecular complexity index is 531. The van der Waals surface area contributed by atoms with Crippen molar-refractivity contribution in [1.82, 2.24) is 0 Å². The predicted octanol–water partition coefficient (Wildman–Crippen LogP) is 3.45. The molecule has 1 heterocycles. The molecule has 0 saturated carbocycles. The second kappa shape index (κ2) is 3.87.